The minimum atomic E-state index is -4.71. The molecule has 0 saturated heterocycles. The highest BCUT2D eigenvalue weighted by atomic mass is 19.4. The molecule has 1 N–H and O–H groups in total. The first kappa shape index (κ1) is 16.7. The molecule has 0 bridgehead atoms. The number of halogens is 3. The third-order valence-corrected chi connectivity index (χ3v) is 3.33. The van der Waals surface area contributed by atoms with Gasteiger partial charge in [0.2, 0.25) is 5.89 Å². The number of rotatable bonds is 4. The number of carbonyl (C=O) groups excluding carboxylic acids is 1. The molecule has 0 unspecified atom stereocenters. The molecule has 2 aromatic heterocycles. The number of nitrogens with one attached hydrogen (secondary N) is 1. The van der Waals surface area contributed by atoms with E-state index in [9.17, 15) is 18.0 Å². The molecule has 1 aromatic carbocycles. The van der Waals surface area contributed by atoms with E-state index in [2.05, 4.69) is 15.3 Å². The number of amides is 1. The van der Waals surface area contributed by atoms with Crippen molar-refractivity contribution in [1.82, 2.24) is 15.3 Å². The second kappa shape index (κ2) is 6.76. The van der Waals surface area contributed by atoms with E-state index in [0.29, 0.717) is 5.76 Å². The van der Waals surface area contributed by atoms with E-state index >= 15 is 0 Å². The molecule has 0 fully saturated rings. The topological polar surface area (TPSA) is 68.0 Å². The van der Waals surface area contributed by atoms with Gasteiger partial charge in [-0.05, 0) is 12.1 Å². The van der Waals surface area contributed by atoms with Gasteiger partial charge in [-0.1, -0.05) is 30.3 Å². The monoisotopic (exact) mass is 347 g/mol. The fourth-order valence-corrected chi connectivity index (χ4v) is 2.19. The maximum atomic E-state index is 12.9. The molecule has 8 heteroatoms. The Kier molecular flexibility index (Phi) is 4.51. The second-order valence-electron chi connectivity index (χ2n) is 5.06. The van der Waals surface area contributed by atoms with Gasteiger partial charge in [-0.25, -0.2) is 4.98 Å². The summed E-state index contributed by atoms with van der Waals surface area (Å²) >= 11 is 0. The Morgan fingerprint density at radius 2 is 1.84 bits per heavy atom. The molecule has 3 aromatic rings. The SMILES string of the molecule is O=C(NCc1ncc(-c2ccccc2)o1)c1cccnc1C(F)(F)F. The Labute approximate surface area is 140 Å². The molecule has 0 radical (unpaired) electrons. The van der Waals surface area contributed by atoms with Crippen molar-refractivity contribution in [3.63, 3.8) is 0 Å². The van der Waals surface area contributed by atoms with Gasteiger partial charge >= 0.3 is 6.18 Å². The van der Waals surface area contributed by atoms with E-state index < -0.39 is 23.3 Å². The quantitative estimate of drug-likeness (QED) is 0.782. The van der Waals surface area contributed by atoms with Crippen molar-refractivity contribution in [1.29, 1.82) is 0 Å². The Morgan fingerprint density at radius 3 is 2.56 bits per heavy atom. The summed E-state index contributed by atoms with van der Waals surface area (Å²) in [5.41, 5.74) is -0.978. The summed E-state index contributed by atoms with van der Waals surface area (Å²) < 4.78 is 44.2. The van der Waals surface area contributed by atoms with Crippen LogP contribution in [0.4, 0.5) is 13.2 Å². The lowest BCUT2D eigenvalue weighted by Crippen LogP contribution is -2.26. The predicted octanol–water partition coefficient (Wildman–Crippen LogP) is 3.69. The van der Waals surface area contributed by atoms with E-state index in [-0.39, 0.29) is 12.4 Å². The fraction of sp³-hybridized carbons (Fsp3) is 0.118. The van der Waals surface area contributed by atoms with E-state index in [4.69, 9.17) is 4.42 Å². The molecule has 1 amide bonds. The van der Waals surface area contributed by atoms with Crippen LogP contribution in [-0.2, 0) is 12.7 Å². The van der Waals surface area contributed by atoms with Crippen LogP contribution in [0.5, 0.6) is 0 Å². The summed E-state index contributed by atoms with van der Waals surface area (Å²) in [6.45, 7) is -0.141. The Hall–Kier alpha value is -3.16. The average molecular weight is 347 g/mol. The van der Waals surface area contributed by atoms with Crippen LogP contribution in [0.3, 0.4) is 0 Å². The van der Waals surface area contributed by atoms with Crippen LogP contribution in [-0.4, -0.2) is 15.9 Å². The van der Waals surface area contributed by atoms with Gasteiger partial charge < -0.3 is 9.73 Å². The molecule has 0 spiro atoms. The zero-order valence-electron chi connectivity index (χ0n) is 12.7. The number of pyridine rings is 1. The van der Waals surface area contributed by atoms with Crippen LogP contribution in [0.15, 0.2) is 59.3 Å². The molecule has 0 atom stereocenters. The van der Waals surface area contributed by atoms with Crippen LogP contribution >= 0.6 is 0 Å². The van der Waals surface area contributed by atoms with E-state index in [1.165, 1.54) is 12.3 Å². The average Bonchev–Trinajstić information content (AvgIpc) is 3.09. The van der Waals surface area contributed by atoms with Crippen LogP contribution < -0.4 is 5.32 Å². The van der Waals surface area contributed by atoms with Crippen molar-refractivity contribution in [3.8, 4) is 11.3 Å². The lowest BCUT2D eigenvalue weighted by Gasteiger charge is -2.10. The summed E-state index contributed by atoms with van der Waals surface area (Å²) in [5, 5.41) is 2.36. The summed E-state index contributed by atoms with van der Waals surface area (Å²) in [5.74, 6) is -0.216. The standard InChI is InChI=1S/C17H12F3N3O2/c18-17(19,20)15-12(7-4-8-21-15)16(24)23-10-14-22-9-13(25-14)11-5-2-1-3-6-11/h1-9H,10H2,(H,23,24). The highest BCUT2D eigenvalue weighted by molar-refractivity contribution is 5.95. The van der Waals surface area contributed by atoms with Crippen molar-refractivity contribution < 1.29 is 22.4 Å². The van der Waals surface area contributed by atoms with Gasteiger partial charge in [0.05, 0.1) is 18.3 Å². The number of aromatic nitrogens is 2. The van der Waals surface area contributed by atoms with Gasteiger partial charge in [0.15, 0.2) is 11.5 Å². The number of benzene rings is 1. The van der Waals surface area contributed by atoms with Crippen LogP contribution in [0.2, 0.25) is 0 Å². The van der Waals surface area contributed by atoms with E-state index in [0.717, 1.165) is 17.8 Å². The number of nitrogens with zero attached hydrogens (tertiary/aromatic N) is 2. The summed E-state index contributed by atoms with van der Waals surface area (Å²) in [7, 11) is 0. The van der Waals surface area contributed by atoms with Gasteiger partial charge in [0.1, 0.15) is 0 Å². The minimum absolute atomic E-state index is 0.141. The number of hydrogen-bond donors (Lipinski definition) is 1. The van der Waals surface area contributed by atoms with Gasteiger partial charge in [0.25, 0.3) is 5.91 Å². The van der Waals surface area contributed by atoms with Crippen molar-refractivity contribution in [3.05, 3.63) is 72.0 Å². The first-order valence-corrected chi connectivity index (χ1v) is 7.25. The predicted molar refractivity (Wildman–Crippen MR) is 82.3 cm³/mol. The lowest BCUT2D eigenvalue weighted by atomic mass is 10.1. The number of carbonyl (C=O) groups is 1. The highest BCUT2D eigenvalue weighted by Gasteiger charge is 2.36. The summed E-state index contributed by atoms with van der Waals surface area (Å²) in [6.07, 6.45) is -2.24. The molecule has 0 aliphatic heterocycles. The van der Waals surface area contributed by atoms with Gasteiger partial charge in [-0.15, -0.1) is 0 Å². The molecule has 5 nitrogen and oxygen atoms in total. The third kappa shape index (κ3) is 3.85. The number of alkyl halides is 3. The molecular weight excluding hydrogens is 335 g/mol. The Morgan fingerprint density at radius 1 is 1.08 bits per heavy atom. The van der Waals surface area contributed by atoms with Crippen molar-refractivity contribution in [2.24, 2.45) is 0 Å². The minimum Gasteiger partial charge on any atom is -0.439 e. The first-order chi connectivity index (χ1) is 11.9. The normalized spacial score (nSPS) is 11.3. The molecule has 0 saturated carbocycles. The maximum absolute atomic E-state index is 12.9. The summed E-state index contributed by atoms with van der Waals surface area (Å²) in [4.78, 5) is 19.3. The Balaban J connectivity index is 1.71. The van der Waals surface area contributed by atoms with Gasteiger partial charge in [-0.3, -0.25) is 9.78 Å². The fourth-order valence-electron chi connectivity index (χ4n) is 2.19. The van der Waals surface area contributed by atoms with Crippen molar-refractivity contribution >= 4 is 5.91 Å². The van der Waals surface area contributed by atoms with Gasteiger partial charge in [0, 0.05) is 11.8 Å². The molecule has 2 heterocycles. The van der Waals surface area contributed by atoms with Gasteiger partial charge in [-0.2, -0.15) is 13.2 Å². The van der Waals surface area contributed by atoms with E-state index in [1.54, 1.807) is 0 Å². The van der Waals surface area contributed by atoms with Crippen LogP contribution in [0, 0.1) is 0 Å². The van der Waals surface area contributed by atoms with E-state index in [1.807, 2.05) is 30.3 Å². The van der Waals surface area contributed by atoms with Crippen molar-refractivity contribution in [2.75, 3.05) is 0 Å². The maximum Gasteiger partial charge on any atom is 0.434 e. The zero-order valence-corrected chi connectivity index (χ0v) is 12.7. The van der Waals surface area contributed by atoms with Crippen LogP contribution in [0.1, 0.15) is 21.9 Å². The first-order valence-electron chi connectivity index (χ1n) is 7.25. The molecule has 25 heavy (non-hydrogen) atoms. The third-order valence-electron chi connectivity index (χ3n) is 3.33. The second-order valence-corrected chi connectivity index (χ2v) is 5.06. The zero-order chi connectivity index (χ0) is 17.9. The molecule has 0 aliphatic rings. The van der Waals surface area contributed by atoms with Crippen LogP contribution in [0.25, 0.3) is 11.3 Å². The molecule has 0 aliphatic carbocycles. The molecular formula is C17H12F3N3O2. The summed E-state index contributed by atoms with van der Waals surface area (Å²) in [6, 6.07) is 11.5. The smallest absolute Gasteiger partial charge is 0.434 e. The largest absolute Gasteiger partial charge is 0.439 e. The van der Waals surface area contributed by atoms with Crippen molar-refractivity contribution in [2.45, 2.75) is 12.7 Å². The molecule has 3 rings (SSSR count). The number of hydrogen-bond acceptors (Lipinski definition) is 4. The highest BCUT2D eigenvalue weighted by Crippen LogP contribution is 2.30. The number of oxazole rings is 1. The Bertz CT molecular complexity index is 876. The molecule has 128 valence electrons. The lowest BCUT2D eigenvalue weighted by molar-refractivity contribution is -0.141.